The summed E-state index contributed by atoms with van der Waals surface area (Å²) in [4.78, 5) is 10.3. The first-order chi connectivity index (χ1) is 10.0. The normalized spacial score (nSPS) is 13.0. The van der Waals surface area contributed by atoms with Gasteiger partial charge >= 0.3 is 0 Å². The van der Waals surface area contributed by atoms with E-state index in [-0.39, 0.29) is 6.04 Å². The highest BCUT2D eigenvalue weighted by molar-refractivity contribution is 7.11. The number of methoxy groups -OCH3 is 1. The van der Waals surface area contributed by atoms with Gasteiger partial charge in [-0.25, -0.2) is 9.97 Å². The Kier molecular flexibility index (Phi) is 5.50. The van der Waals surface area contributed by atoms with Gasteiger partial charge in [0.1, 0.15) is 11.0 Å². The molecule has 2 heterocycles. The van der Waals surface area contributed by atoms with E-state index in [1.54, 1.807) is 18.4 Å². The van der Waals surface area contributed by atoms with Crippen molar-refractivity contribution in [2.45, 2.75) is 39.8 Å². The predicted molar refractivity (Wildman–Crippen MR) is 85.9 cm³/mol. The van der Waals surface area contributed by atoms with Crippen LogP contribution in [0.15, 0.2) is 12.5 Å². The first-order valence-electron chi connectivity index (χ1n) is 7.22. The number of nitrogens with zero attached hydrogens (tertiary/aromatic N) is 3. The molecule has 5 nitrogen and oxygen atoms in total. The molecule has 0 bridgehead atoms. The Morgan fingerprint density at radius 3 is 2.71 bits per heavy atom. The lowest BCUT2D eigenvalue weighted by Crippen LogP contribution is -2.28. The number of thiazole rings is 1. The summed E-state index contributed by atoms with van der Waals surface area (Å²) in [5, 5.41) is 4.62. The van der Waals surface area contributed by atoms with E-state index in [0.717, 1.165) is 22.9 Å². The lowest BCUT2D eigenvalue weighted by molar-refractivity contribution is 0.197. The molecule has 21 heavy (non-hydrogen) atoms. The summed E-state index contributed by atoms with van der Waals surface area (Å²) in [5.74, 6) is 0. The Morgan fingerprint density at radius 1 is 1.38 bits per heavy atom. The molecular weight excluding hydrogens is 284 g/mol. The average Bonchev–Trinajstić information content (AvgIpc) is 3.03. The highest BCUT2D eigenvalue weighted by atomic mass is 32.1. The second-order valence-electron chi connectivity index (χ2n) is 5.39. The van der Waals surface area contributed by atoms with E-state index in [1.807, 2.05) is 12.5 Å². The van der Waals surface area contributed by atoms with E-state index >= 15 is 0 Å². The molecule has 0 aromatic carbocycles. The summed E-state index contributed by atoms with van der Waals surface area (Å²) < 4.78 is 7.34. The molecule has 0 saturated heterocycles. The topological polar surface area (TPSA) is 52.0 Å². The van der Waals surface area contributed by atoms with Crippen LogP contribution in [-0.2, 0) is 4.74 Å². The number of nitrogens with one attached hydrogen (secondary N) is 1. The number of ether oxygens (including phenoxy) is 1. The lowest BCUT2D eigenvalue weighted by atomic mass is 10.2. The molecular formula is C15H24N4OS. The molecule has 0 fully saturated rings. The van der Waals surface area contributed by atoms with Crippen LogP contribution in [0, 0.1) is 13.8 Å². The fourth-order valence-electron chi connectivity index (χ4n) is 2.21. The molecule has 0 saturated carbocycles. The maximum absolute atomic E-state index is 5.15. The first kappa shape index (κ1) is 16.1. The van der Waals surface area contributed by atoms with Crippen LogP contribution >= 0.6 is 11.3 Å². The van der Waals surface area contributed by atoms with Crippen LogP contribution in [0.1, 0.15) is 47.2 Å². The predicted octanol–water partition coefficient (Wildman–Crippen LogP) is 2.86. The number of imidazole rings is 1. The quantitative estimate of drug-likeness (QED) is 0.799. The summed E-state index contributed by atoms with van der Waals surface area (Å²) in [7, 11) is 1.72. The van der Waals surface area contributed by atoms with Crippen LogP contribution in [0.2, 0.25) is 0 Å². The summed E-state index contributed by atoms with van der Waals surface area (Å²) in [6, 6.07) is 0.429. The summed E-state index contributed by atoms with van der Waals surface area (Å²) in [6.45, 7) is 9.95. The van der Waals surface area contributed by atoms with E-state index < -0.39 is 0 Å². The SMILES string of the molecule is COCCNC(c1nc(C)c(C)s1)c1cncn1C(C)C. The zero-order valence-electron chi connectivity index (χ0n) is 13.4. The van der Waals surface area contributed by atoms with Gasteiger partial charge in [0.2, 0.25) is 0 Å². The summed E-state index contributed by atoms with van der Waals surface area (Å²) >= 11 is 1.74. The van der Waals surface area contributed by atoms with Gasteiger partial charge in [-0.05, 0) is 27.7 Å². The molecule has 2 aromatic heterocycles. The van der Waals surface area contributed by atoms with Gasteiger partial charge < -0.3 is 14.6 Å². The third kappa shape index (κ3) is 3.70. The van der Waals surface area contributed by atoms with Gasteiger partial charge in [-0.3, -0.25) is 0 Å². The Balaban J connectivity index is 2.33. The minimum absolute atomic E-state index is 0.0578. The molecule has 0 spiro atoms. The maximum atomic E-state index is 5.15. The molecule has 1 atom stereocenters. The van der Waals surface area contributed by atoms with Gasteiger partial charge in [0.15, 0.2) is 0 Å². The number of hydrogen-bond donors (Lipinski definition) is 1. The largest absolute Gasteiger partial charge is 0.383 e. The molecule has 2 aromatic rings. The van der Waals surface area contributed by atoms with Crippen molar-refractivity contribution >= 4 is 11.3 Å². The number of hydrogen-bond acceptors (Lipinski definition) is 5. The highest BCUT2D eigenvalue weighted by Crippen LogP contribution is 2.29. The van der Waals surface area contributed by atoms with Crippen LogP contribution in [0.3, 0.4) is 0 Å². The first-order valence-corrected chi connectivity index (χ1v) is 8.04. The number of aromatic nitrogens is 3. The van der Waals surface area contributed by atoms with Crippen LogP contribution < -0.4 is 5.32 Å². The molecule has 1 unspecified atom stereocenters. The van der Waals surface area contributed by atoms with Crippen molar-refractivity contribution in [1.29, 1.82) is 0 Å². The van der Waals surface area contributed by atoms with Crippen molar-refractivity contribution in [2.24, 2.45) is 0 Å². The molecule has 0 aliphatic heterocycles. The Bertz CT molecular complexity index is 556. The zero-order chi connectivity index (χ0) is 15.4. The van der Waals surface area contributed by atoms with Crippen molar-refractivity contribution in [3.05, 3.63) is 33.8 Å². The van der Waals surface area contributed by atoms with E-state index in [2.05, 4.69) is 42.6 Å². The molecule has 0 radical (unpaired) electrons. The van der Waals surface area contributed by atoms with E-state index in [9.17, 15) is 0 Å². The second-order valence-corrected chi connectivity index (χ2v) is 6.63. The van der Waals surface area contributed by atoms with Crippen molar-refractivity contribution in [3.8, 4) is 0 Å². The van der Waals surface area contributed by atoms with E-state index in [4.69, 9.17) is 9.72 Å². The van der Waals surface area contributed by atoms with Crippen LogP contribution in [0.4, 0.5) is 0 Å². The van der Waals surface area contributed by atoms with Crippen molar-refractivity contribution < 1.29 is 4.74 Å². The van der Waals surface area contributed by atoms with Gasteiger partial charge in [-0.2, -0.15) is 0 Å². The molecule has 0 amide bonds. The van der Waals surface area contributed by atoms with E-state index in [0.29, 0.717) is 12.6 Å². The molecule has 6 heteroatoms. The van der Waals surface area contributed by atoms with Gasteiger partial charge in [-0.15, -0.1) is 11.3 Å². The molecule has 1 N–H and O–H groups in total. The van der Waals surface area contributed by atoms with Gasteiger partial charge in [0, 0.05) is 24.6 Å². The van der Waals surface area contributed by atoms with E-state index in [1.165, 1.54) is 4.88 Å². The Hall–Kier alpha value is -1.24. The minimum atomic E-state index is 0.0578. The highest BCUT2D eigenvalue weighted by Gasteiger charge is 2.22. The average molecular weight is 308 g/mol. The number of aryl methyl sites for hydroxylation is 2. The van der Waals surface area contributed by atoms with Crippen molar-refractivity contribution in [1.82, 2.24) is 19.9 Å². The fraction of sp³-hybridized carbons (Fsp3) is 0.600. The standard InChI is InChI=1S/C15H24N4OS/c1-10(2)19-9-16-8-13(19)14(17-6-7-20-5)15-18-11(3)12(4)21-15/h8-10,14,17H,6-7H2,1-5H3. The molecule has 0 aliphatic rings. The van der Waals surface area contributed by atoms with Crippen LogP contribution in [-0.4, -0.2) is 34.8 Å². The monoisotopic (exact) mass is 308 g/mol. The zero-order valence-corrected chi connectivity index (χ0v) is 14.2. The molecule has 0 aliphatic carbocycles. The van der Waals surface area contributed by atoms with Crippen molar-refractivity contribution in [3.63, 3.8) is 0 Å². The fourth-order valence-corrected chi connectivity index (χ4v) is 3.23. The summed E-state index contributed by atoms with van der Waals surface area (Å²) in [5.41, 5.74) is 2.25. The second kappa shape index (κ2) is 7.15. The van der Waals surface area contributed by atoms with Crippen LogP contribution in [0.25, 0.3) is 0 Å². The smallest absolute Gasteiger partial charge is 0.116 e. The third-order valence-corrected chi connectivity index (χ3v) is 4.63. The Morgan fingerprint density at radius 2 is 2.14 bits per heavy atom. The lowest BCUT2D eigenvalue weighted by Gasteiger charge is -2.20. The van der Waals surface area contributed by atoms with Gasteiger partial charge in [-0.1, -0.05) is 0 Å². The molecule has 116 valence electrons. The van der Waals surface area contributed by atoms with Gasteiger partial charge in [0.05, 0.1) is 30.5 Å². The van der Waals surface area contributed by atoms with Crippen molar-refractivity contribution in [2.75, 3.05) is 20.3 Å². The number of rotatable bonds is 7. The third-order valence-electron chi connectivity index (χ3n) is 3.49. The molecule has 2 rings (SSSR count). The maximum Gasteiger partial charge on any atom is 0.116 e. The van der Waals surface area contributed by atoms with Crippen LogP contribution in [0.5, 0.6) is 0 Å². The Labute approximate surface area is 130 Å². The minimum Gasteiger partial charge on any atom is -0.383 e. The summed E-state index contributed by atoms with van der Waals surface area (Å²) in [6.07, 6.45) is 3.81. The van der Waals surface area contributed by atoms with Gasteiger partial charge in [0.25, 0.3) is 0 Å².